The number of aryl methyl sites for hydroxylation is 1. The van der Waals surface area contributed by atoms with E-state index in [1.54, 1.807) is 12.4 Å². The number of hydrogen-bond donors (Lipinski definition) is 0. The van der Waals surface area contributed by atoms with Crippen LogP contribution in [0.2, 0.25) is 0 Å². The molecule has 0 aromatic carbocycles. The molecular weight excluding hydrogens is 338 g/mol. The maximum absolute atomic E-state index is 11.7. The molecule has 2 fully saturated rings. The smallest absolute Gasteiger partial charge is 0.151 e. The molecule has 8 heteroatoms. The van der Waals surface area contributed by atoms with Crippen LogP contribution in [0, 0.1) is 6.92 Å². The third kappa shape index (κ3) is 3.46. The number of sulfone groups is 1. The number of piperidine rings is 1. The van der Waals surface area contributed by atoms with E-state index in [-0.39, 0.29) is 6.04 Å². The van der Waals surface area contributed by atoms with E-state index in [9.17, 15) is 8.42 Å². The molecule has 1 atom stereocenters. The molecule has 2 aromatic heterocycles. The molecule has 0 bridgehead atoms. The first kappa shape index (κ1) is 16.7. The fourth-order valence-corrected chi connectivity index (χ4v) is 5.71. The van der Waals surface area contributed by atoms with Crippen LogP contribution < -0.4 is 0 Å². The molecule has 2 saturated heterocycles. The Hall–Kier alpha value is -1.80. The minimum atomic E-state index is -2.82. The number of aromatic nitrogens is 4. The van der Waals surface area contributed by atoms with Gasteiger partial charge in [-0.2, -0.15) is 5.10 Å². The van der Waals surface area contributed by atoms with E-state index in [4.69, 9.17) is 0 Å². The van der Waals surface area contributed by atoms with Gasteiger partial charge >= 0.3 is 0 Å². The van der Waals surface area contributed by atoms with Gasteiger partial charge in [-0.15, -0.1) is 0 Å². The quantitative estimate of drug-likeness (QED) is 0.821. The predicted octanol–water partition coefficient (Wildman–Crippen LogP) is 1.34. The zero-order valence-electron chi connectivity index (χ0n) is 14.4. The van der Waals surface area contributed by atoms with E-state index in [0.29, 0.717) is 17.4 Å². The maximum atomic E-state index is 11.7. The number of nitrogens with zero attached hydrogens (tertiary/aromatic N) is 5. The van der Waals surface area contributed by atoms with Crippen molar-refractivity contribution in [1.29, 1.82) is 0 Å². The Morgan fingerprint density at radius 1 is 1.20 bits per heavy atom. The van der Waals surface area contributed by atoms with Gasteiger partial charge in [0.05, 0.1) is 23.4 Å². The number of hydrogen-bond acceptors (Lipinski definition) is 6. The molecule has 4 heterocycles. The van der Waals surface area contributed by atoms with Crippen LogP contribution in [-0.4, -0.2) is 63.7 Å². The first-order valence-electron chi connectivity index (χ1n) is 8.80. The largest absolute Gasteiger partial charge is 0.299 e. The van der Waals surface area contributed by atoms with E-state index >= 15 is 0 Å². The van der Waals surface area contributed by atoms with Gasteiger partial charge in [0.25, 0.3) is 0 Å². The van der Waals surface area contributed by atoms with Gasteiger partial charge in [0.15, 0.2) is 9.84 Å². The molecule has 4 rings (SSSR count). The van der Waals surface area contributed by atoms with Crippen LogP contribution in [0.1, 0.15) is 36.8 Å². The van der Waals surface area contributed by atoms with Crippen LogP contribution >= 0.6 is 0 Å². The molecule has 134 valence electrons. The van der Waals surface area contributed by atoms with E-state index in [0.717, 1.165) is 49.7 Å². The molecule has 7 nitrogen and oxygen atoms in total. The minimum absolute atomic E-state index is 0.198. The van der Waals surface area contributed by atoms with Gasteiger partial charge in [-0.25, -0.2) is 18.1 Å². The summed E-state index contributed by atoms with van der Waals surface area (Å²) >= 11 is 0. The van der Waals surface area contributed by atoms with Crippen LogP contribution in [0.5, 0.6) is 0 Å². The molecule has 25 heavy (non-hydrogen) atoms. The lowest BCUT2D eigenvalue weighted by Crippen LogP contribution is -2.42. The second-order valence-electron chi connectivity index (χ2n) is 7.01. The van der Waals surface area contributed by atoms with Crippen molar-refractivity contribution in [3.63, 3.8) is 0 Å². The Kier molecular flexibility index (Phi) is 4.33. The Bertz CT molecular complexity index is 841. The van der Waals surface area contributed by atoms with E-state index in [2.05, 4.69) is 20.0 Å². The summed E-state index contributed by atoms with van der Waals surface area (Å²) in [6.45, 7) is 3.75. The highest BCUT2D eigenvalue weighted by Crippen LogP contribution is 2.31. The third-order valence-corrected chi connectivity index (χ3v) is 7.00. The standard InChI is InChI=1S/C17H23N5O2S/c1-13-19-17(22(20-13)15-3-2-7-18-11-15)14-4-8-21(9-5-14)16-6-10-25(23,24)12-16/h2-3,7,11,14,16H,4-6,8-10,12H2,1H3. The summed E-state index contributed by atoms with van der Waals surface area (Å²) in [7, 11) is -2.82. The minimum Gasteiger partial charge on any atom is -0.299 e. The fraction of sp³-hybridized carbons (Fsp3) is 0.588. The topological polar surface area (TPSA) is 81.0 Å². The fourth-order valence-electron chi connectivity index (χ4n) is 3.95. The Morgan fingerprint density at radius 2 is 2.00 bits per heavy atom. The molecule has 0 spiro atoms. The van der Waals surface area contributed by atoms with Crippen molar-refractivity contribution in [1.82, 2.24) is 24.6 Å². The van der Waals surface area contributed by atoms with Crippen molar-refractivity contribution in [3.05, 3.63) is 36.2 Å². The summed E-state index contributed by atoms with van der Waals surface area (Å²) < 4.78 is 25.3. The average Bonchev–Trinajstić information content (AvgIpc) is 3.18. The highest BCUT2D eigenvalue weighted by Gasteiger charge is 2.35. The zero-order valence-corrected chi connectivity index (χ0v) is 15.2. The monoisotopic (exact) mass is 361 g/mol. The van der Waals surface area contributed by atoms with Crippen molar-refractivity contribution < 1.29 is 8.42 Å². The molecular formula is C17H23N5O2S. The van der Waals surface area contributed by atoms with Gasteiger partial charge < -0.3 is 0 Å². The molecule has 0 aliphatic carbocycles. The molecule has 0 radical (unpaired) electrons. The van der Waals surface area contributed by atoms with Crippen LogP contribution in [0.25, 0.3) is 5.69 Å². The first-order chi connectivity index (χ1) is 12.0. The van der Waals surface area contributed by atoms with Gasteiger partial charge in [-0.1, -0.05) is 0 Å². The number of pyridine rings is 1. The molecule has 0 saturated carbocycles. The Morgan fingerprint density at radius 3 is 2.64 bits per heavy atom. The summed E-state index contributed by atoms with van der Waals surface area (Å²) in [5, 5.41) is 4.54. The van der Waals surface area contributed by atoms with Crippen molar-refractivity contribution in [3.8, 4) is 5.69 Å². The van der Waals surface area contributed by atoms with Crippen LogP contribution in [0.3, 0.4) is 0 Å². The second kappa shape index (κ2) is 6.49. The molecule has 2 aromatic rings. The normalized spacial score (nSPS) is 24.6. The molecule has 0 amide bonds. The highest BCUT2D eigenvalue weighted by molar-refractivity contribution is 7.91. The first-order valence-corrected chi connectivity index (χ1v) is 10.6. The second-order valence-corrected chi connectivity index (χ2v) is 9.24. The van der Waals surface area contributed by atoms with E-state index in [1.807, 2.05) is 23.7 Å². The zero-order chi connectivity index (χ0) is 17.4. The van der Waals surface area contributed by atoms with E-state index in [1.165, 1.54) is 0 Å². The van der Waals surface area contributed by atoms with Gasteiger partial charge in [-0.3, -0.25) is 9.88 Å². The Balaban J connectivity index is 1.48. The third-order valence-electron chi connectivity index (χ3n) is 5.25. The molecule has 0 N–H and O–H groups in total. The van der Waals surface area contributed by atoms with Crippen LogP contribution in [-0.2, 0) is 9.84 Å². The predicted molar refractivity (Wildman–Crippen MR) is 94.5 cm³/mol. The van der Waals surface area contributed by atoms with E-state index < -0.39 is 9.84 Å². The Labute approximate surface area is 148 Å². The number of likely N-dealkylation sites (tertiary alicyclic amines) is 1. The summed E-state index contributed by atoms with van der Waals surface area (Å²) in [5.41, 5.74) is 0.933. The van der Waals surface area contributed by atoms with Crippen LogP contribution in [0.15, 0.2) is 24.5 Å². The number of rotatable bonds is 3. The van der Waals surface area contributed by atoms with Gasteiger partial charge in [0.2, 0.25) is 0 Å². The lowest BCUT2D eigenvalue weighted by molar-refractivity contribution is 0.162. The molecule has 2 aliphatic heterocycles. The summed E-state index contributed by atoms with van der Waals surface area (Å²) in [6, 6.07) is 4.09. The SMILES string of the molecule is Cc1nc(C2CCN(C3CCS(=O)(=O)C3)CC2)n(-c2cccnc2)n1. The lowest BCUT2D eigenvalue weighted by Gasteiger charge is -2.35. The summed E-state index contributed by atoms with van der Waals surface area (Å²) in [5.74, 6) is 2.76. The van der Waals surface area contributed by atoms with Crippen molar-refractivity contribution in [2.45, 2.75) is 38.1 Å². The molecule has 1 unspecified atom stereocenters. The van der Waals surface area contributed by atoms with Crippen molar-refractivity contribution >= 4 is 9.84 Å². The van der Waals surface area contributed by atoms with Gasteiger partial charge in [0.1, 0.15) is 11.6 Å². The summed E-state index contributed by atoms with van der Waals surface area (Å²) in [4.78, 5) is 11.2. The molecule has 2 aliphatic rings. The van der Waals surface area contributed by atoms with Gasteiger partial charge in [-0.05, 0) is 51.4 Å². The average molecular weight is 361 g/mol. The maximum Gasteiger partial charge on any atom is 0.151 e. The lowest BCUT2D eigenvalue weighted by atomic mass is 9.94. The van der Waals surface area contributed by atoms with Crippen molar-refractivity contribution in [2.75, 3.05) is 24.6 Å². The van der Waals surface area contributed by atoms with Gasteiger partial charge in [0, 0.05) is 18.2 Å². The summed E-state index contributed by atoms with van der Waals surface area (Å²) in [6.07, 6.45) is 6.29. The van der Waals surface area contributed by atoms with Crippen molar-refractivity contribution in [2.24, 2.45) is 0 Å². The van der Waals surface area contributed by atoms with Crippen LogP contribution in [0.4, 0.5) is 0 Å². The highest BCUT2D eigenvalue weighted by atomic mass is 32.2.